The Morgan fingerprint density at radius 1 is 1.29 bits per heavy atom. The highest BCUT2D eigenvalue weighted by Crippen LogP contribution is 2.21. The monoisotopic (exact) mass is 291 g/mol. The summed E-state index contributed by atoms with van der Waals surface area (Å²) in [5, 5.41) is 14.0. The number of hydrogen-bond donors (Lipinski definition) is 4. The molecule has 1 aliphatic carbocycles. The fraction of sp³-hybridized carbons (Fsp3) is 0.357. The number of carbonyl (C=O) groups is 3. The van der Waals surface area contributed by atoms with Crippen LogP contribution in [0.25, 0.3) is 0 Å². The highest BCUT2D eigenvalue weighted by molar-refractivity contribution is 6.05. The molecular formula is C14H17N3O4. The van der Waals surface area contributed by atoms with E-state index in [0.29, 0.717) is 11.3 Å². The summed E-state index contributed by atoms with van der Waals surface area (Å²) >= 11 is 0. The summed E-state index contributed by atoms with van der Waals surface area (Å²) in [6, 6.07) is 5.57. The quantitative estimate of drug-likeness (QED) is 0.601. The molecule has 1 aromatic rings. The summed E-state index contributed by atoms with van der Waals surface area (Å²) in [5.41, 5.74) is 6.14. The van der Waals surface area contributed by atoms with Gasteiger partial charge in [-0.2, -0.15) is 0 Å². The highest BCUT2D eigenvalue weighted by Gasteiger charge is 2.25. The molecule has 1 unspecified atom stereocenters. The van der Waals surface area contributed by atoms with Crippen LogP contribution in [0.1, 0.15) is 29.6 Å². The normalized spacial score (nSPS) is 15.1. The van der Waals surface area contributed by atoms with E-state index in [2.05, 4.69) is 10.6 Å². The fourth-order valence-corrected chi connectivity index (χ4v) is 1.79. The molecular weight excluding hydrogens is 274 g/mol. The molecule has 1 aliphatic rings. The minimum Gasteiger partial charge on any atom is -0.481 e. The van der Waals surface area contributed by atoms with E-state index < -0.39 is 24.3 Å². The number of carboxylic acid groups (broad SMARTS) is 1. The first-order valence-electron chi connectivity index (χ1n) is 6.65. The molecule has 2 rings (SSSR count). The van der Waals surface area contributed by atoms with E-state index in [1.54, 1.807) is 24.3 Å². The average Bonchev–Trinajstić information content (AvgIpc) is 3.22. The van der Waals surface area contributed by atoms with Crippen molar-refractivity contribution in [1.29, 1.82) is 0 Å². The van der Waals surface area contributed by atoms with Gasteiger partial charge >= 0.3 is 5.97 Å². The van der Waals surface area contributed by atoms with Gasteiger partial charge in [0.25, 0.3) is 5.91 Å². The zero-order valence-corrected chi connectivity index (χ0v) is 11.3. The van der Waals surface area contributed by atoms with Gasteiger partial charge in [-0.3, -0.25) is 14.4 Å². The van der Waals surface area contributed by atoms with E-state index >= 15 is 0 Å². The maximum absolute atomic E-state index is 12.1. The Balaban J connectivity index is 2.06. The van der Waals surface area contributed by atoms with Crippen molar-refractivity contribution in [2.24, 2.45) is 5.73 Å². The van der Waals surface area contributed by atoms with Crippen molar-refractivity contribution in [3.63, 3.8) is 0 Å². The third kappa shape index (κ3) is 4.28. The average molecular weight is 291 g/mol. The third-order valence-corrected chi connectivity index (χ3v) is 3.07. The highest BCUT2D eigenvalue weighted by atomic mass is 16.4. The lowest BCUT2D eigenvalue weighted by molar-refractivity contribution is -0.138. The molecule has 0 heterocycles. The Bertz CT molecular complexity index is 569. The van der Waals surface area contributed by atoms with Gasteiger partial charge in [0.05, 0.1) is 23.7 Å². The van der Waals surface area contributed by atoms with Crippen LogP contribution in [0.5, 0.6) is 0 Å². The van der Waals surface area contributed by atoms with Crippen LogP contribution in [0.15, 0.2) is 24.3 Å². The van der Waals surface area contributed by atoms with Crippen molar-refractivity contribution in [2.75, 3.05) is 5.32 Å². The number of nitrogens with one attached hydrogen (secondary N) is 2. The first-order chi connectivity index (χ1) is 9.97. The lowest BCUT2D eigenvalue weighted by atomic mass is 10.1. The van der Waals surface area contributed by atoms with E-state index in [-0.39, 0.29) is 11.9 Å². The van der Waals surface area contributed by atoms with Crippen molar-refractivity contribution in [2.45, 2.75) is 31.3 Å². The molecule has 0 aromatic heterocycles. The summed E-state index contributed by atoms with van der Waals surface area (Å²) in [6.07, 6.45) is 1.45. The van der Waals surface area contributed by atoms with Crippen LogP contribution in [-0.2, 0) is 9.59 Å². The minimum atomic E-state index is -1.16. The second-order valence-corrected chi connectivity index (χ2v) is 4.99. The summed E-state index contributed by atoms with van der Waals surface area (Å²) < 4.78 is 0. The lowest BCUT2D eigenvalue weighted by Gasteiger charge is -2.13. The summed E-state index contributed by atoms with van der Waals surface area (Å²) in [6.45, 7) is 0. The zero-order valence-electron chi connectivity index (χ0n) is 11.3. The van der Waals surface area contributed by atoms with Crippen LogP contribution >= 0.6 is 0 Å². The van der Waals surface area contributed by atoms with Gasteiger partial charge in [-0.1, -0.05) is 12.1 Å². The fourth-order valence-electron chi connectivity index (χ4n) is 1.79. The summed E-state index contributed by atoms with van der Waals surface area (Å²) in [7, 11) is 0. The number of aliphatic carboxylic acids is 1. The number of hydrogen-bond acceptors (Lipinski definition) is 4. The van der Waals surface area contributed by atoms with Gasteiger partial charge in [-0.25, -0.2) is 0 Å². The summed E-state index contributed by atoms with van der Waals surface area (Å²) in [4.78, 5) is 34.4. The van der Waals surface area contributed by atoms with Gasteiger partial charge < -0.3 is 21.5 Å². The molecule has 0 bridgehead atoms. The van der Waals surface area contributed by atoms with Crippen LogP contribution in [0.4, 0.5) is 5.69 Å². The maximum Gasteiger partial charge on any atom is 0.305 e. The molecule has 7 heteroatoms. The number of carboxylic acids is 1. The molecule has 112 valence electrons. The molecule has 5 N–H and O–H groups in total. The topological polar surface area (TPSA) is 122 Å². The standard InChI is InChI=1S/C14H17N3O4/c15-10(7-12(18)19)14(21)17-11-4-2-1-3-9(11)13(20)16-8-5-6-8/h1-4,8,10H,5-7,15H2,(H,16,20)(H,17,21)(H,18,19). The van der Waals surface area contributed by atoms with Gasteiger partial charge in [0.2, 0.25) is 5.91 Å². The van der Waals surface area contributed by atoms with Crippen molar-refractivity contribution >= 4 is 23.5 Å². The first kappa shape index (κ1) is 15.0. The van der Waals surface area contributed by atoms with Crippen molar-refractivity contribution in [3.05, 3.63) is 29.8 Å². The van der Waals surface area contributed by atoms with E-state index in [9.17, 15) is 14.4 Å². The molecule has 21 heavy (non-hydrogen) atoms. The molecule has 7 nitrogen and oxygen atoms in total. The Labute approximate surface area is 121 Å². The third-order valence-electron chi connectivity index (χ3n) is 3.07. The molecule has 0 radical (unpaired) electrons. The van der Waals surface area contributed by atoms with Gasteiger partial charge in [-0.05, 0) is 25.0 Å². The number of rotatable bonds is 6. The smallest absolute Gasteiger partial charge is 0.305 e. The largest absolute Gasteiger partial charge is 0.481 e. The molecule has 1 atom stereocenters. The van der Waals surface area contributed by atoms with Crippen LogP contribution < -0.4 is 16.4 Å². The van der Waals surface area contributed by atoms with E-state index in [4.69, 9.17) is 10.8 Å². The van der Waals surface area contributed by atoms with Crippen LogP contribution in [0.3, 0.4) is 0 Å². The molecule has 1 aromatic carbocycles. The Morgan fingerprint density at radius 2 is 1.95 bits per heavy atom. The van der Waals surface area contributed by atoms with Gasteiger partial charge in [0.1, 0.15) is 0 Å². The number of para-hydroxylation sites is 1. The molecule has 0 aliphatic heterocycles. The van der Waals surface area contributed by atoms with Crippen molar-refractivity contribution in [3.8, 4) is 0 Å². The Hall–Kier alpha value is -2.41. The predicted molar refractivity (Wildman–Crippen MR) is 75.8 cm³/mol. The SMILES string of the molecule is NC(CC(=O)O)C(=O)Nc1ccccc1C(=O)NC1CC1. The van der Waals surface area contributed by atoms with Gasteiger partial charge in [-0.15, -0.1) is 0 Å². The number of amides is 2. The maximum atomic E-state index is 12.1. The molecule has 1 saturated carbocycles. The molecule has 0 spiro atoms. The van der Waals surface area contributed by atoms with E-state index in [1.165, 1.54) is 0 Å². The number of carbonyl (C=O) groups excluding carboxylic acids is 2. The molecule has 2 amide bonds. The molecule has 0 saturated heterocycles. The van der Waals surface area contributed by atoms with Crippen molar-refractivity contribution in [1.82, 2.24) is 5.32 Å². The lowest BCUT2D eigenvalue weighted by Crippen LogP contribution is -2.38. The minimum absolute atomic E-state index is 0.204. The number of nitrogens with two attached hydrogens (primary N) is 1. The Morgan fingerprint density at radius 3 is 2.57 bits per heavy atom. The Kier molecular flexibility index (Phi) is 4.54. The summed E-state index contributed by atoms with van der Waals surface area (Å²) in [5.74, 6) is -2.05. The number of benzene rings is 1. The molecule has 1 fully saturated rings. The predicted octanol–water partition coefficient (Wildman–Crippen LogP) is 0.319. The van der Waals surface area contributed by atoms with E-state index in [1.807, 2.05) is 0 Å². The second kappa shape index (κ2) is 6.36. The zero-order chi connectivity index (χ0) is 15.4. The number of anilines is 1. The van der Waals surface area contributed by atoms with Gasteiger partial charge in [0, 0.05) is 6.04 Å². The second-order valence-electron chi connectivity index (χ2n) is 4.99. The first-order valence-corrected chi connectivity index (χ1v) is 6.65. The van der Waals surface area contributed by atoms with Crippen LogP contribution in [-0.4, -0.2) is 35.0 Å². The van der Waals surface area contributed by atoms with Crippen LogP contribution in [0.2, 0.25) is 0 Å². The van der Waals surface area contributed by atoms with Crippen molar-refractivity contribution < 1.29 is 19.5 Å². The van der Waals surface area contributed by atoms with Crippen LogP contribution in [0, 0.1) is 0 Å². The van der Waals surface area contributed by atoms with Gasteiger partial charge in [0.15, 0.2) is 0 Å². The van der Waals surface area contributed by atoms with E-state index in [0.717, 1.165) is 12.8 Å².